The maximum Gasteiger partial charge on any atom is 0.417 e. The molecule has 0 saturated carbocycles. The molecule has 1 aliphatic heterocycles. The van der Waals surface area contributed by atoms with Crippen molar-refractivity contribution in [2.24, 2.45) is 0 Å². The van der Waals surface area contributed by atoms with Gasteiger partial charge in [0.05, 0.1) is 25.6 Å². The molecule has 3 N–H and O–H groups in total. The normalized spacial score (nSPS) is 13.6. The highest BCUT2D eigenvalue weighted by Crippen LogP contribution is 2.44. The van der Waals surface area contributed by atoms with E-state index in [9.17, 15) is 29.7 Å². The van der Waals surface area contributed by atoms with E-state index in [1.807, 2.05) is 140 Å². The van der Waals surface area contributed by atoms with E-state index in [1.54, 1.807) is 20.8 Å². The van der Waals surface area contributed by atoms with Gasteiger partial charge >= 0.3 is 6.09 Å². The molecule has 3 heterocycles. The first-order chi connectivity index (χ1) is 43.2. The number of aliphatic hydroxyl groups excluding tert-OH is 3. The molecule has 0 spiro atoms. The maximum atomic E-state index is 14.2. The number of aliphatic hydroxyl groups is 3. The smallest absolute Gasteiger partial charge is 0.417 e. The van der Waals surface area contributed by atoms with Crippen LogP contribution in [0.15, 0.2) is 173 Å². The molecule has 14 heteroatoms. The zero-order chi connectivity index (χ0) is 63.7. The van der Waals surface area contributed by atoms with E-state index in [-0.39, 0.29) is 24.7 Å². The first-order valence-electron chi connectivity index (χ1n) is 27.0. The third-order valence-electron chi connectivity index (χ3n) is 12.9. The fourth-order valence-corrected chi connectivity index (χ4v) is 8.32. The zero-order valence-corrected chi connectivity index (χ0v) is 49.0. The van der Waals surface area contributed by atoms with Gasteiger partial charge in [0.1, 0.15) is 18.2 Å². The minimum absolute atomic E-state index is 0.00914. The standard InChI is InChI=1S/C31H30N2O6.C23H4.C21H21NO5/c1-30(2)26(24-12-8-5-9-13-24)33(29(36)38-30)28(35)31(3,27(34)25-18-19-32-39-25)37-20-21-14-16-23(17-15-21)22-10-6-4-7-11-22;1-3-5-7-9-11-13-15-17-19-21-23-22-20-18-16-14-12-10-8-6-4-2;1-21(19(24)13-23,20(25)18-11-12-22-27-18)26-14-15-7-9-17(10-8-15)16-5-3-2-4-6-16/h4-19,26-27,34H,20H2,1-3H3;1H,2H3;2-12,20,23,25H,13-14H2,1H3/t26-,27-,31-;;20-,21+/m0.0/s1. The van der Waals surface area contributed by atoms with Crippen LogP contribution >= 0.6 is 0 Å². The number of benzene rings is 5. The second kappa shape index (κ2) is 34.1. The number of rotatable bonds is 16. The molecular formula is C75H55N3O11. The zero-order valence-electron chi connectivity index (χ0n) is 49.0. The molecule has 8 rings (SSSR count). The Morgan fingerprint density at radius 2 is 0.910 bits per heavy atom. The minimum atomic E-state index is -1.91. The molecule has 89 heavy (non-hydrogen) atoms. The summed E-state index contributed by atoms with van der Waals surface area (Å²) in [6, 6.07) is 46.7. The Labute approximate surface area is 518 Å². The Balaban J connectivity index is 0.000000223. The summed E-state index contributed by atoms with van der Waals surface area (Å²) in [5.41, 5.74) is 2.02. The van der Waals surface area contributed by atoms with Gasteiger partial charge in [0.25, 0.3) is 5.91 Å². The Morgan fingerprint density at radius 3 is 1.28 bits per heavy atom. The predicted octanol–water partition coefficient (Wildman–Crippen LogP) is 9.43. The molecule has 1 fully saturated rings. The summed E-state index contributed by atoms with van der Waals surface area (Å²) in [6.07, 6.45) is 3.89. The van der Waals surface area contributed by atoms with Crippen molar-refractivity contribution in [3.05, 3.63) is 192 Å². The molecule has 7 aromatic rings. The molecule has 1 aliphatic rings. The number of hydrogen-bond donors (Lipinski definition) is 3. The van der Waals surface area contributed by atoms with Gasteiger partial charge in [-0.1, -0.05) is 156 Å². The second-order valence-corrected chi connectivity index (χ2v) is 19.4. The van der Waals surface area contributed by atoms with Crippen molar-refractivity contribution in [2.75, 3.05) is 6.61 Å². The lowest BCUT2D eigenvalue weighted by Gasteiger charge is -2.36. The molecule has 5 aromatic carbocycles. The summed E-state index contributed by atoms with van der Waals surface area (Å²) < 4.78 is 27.7. The predicted molar refractivity (Wildman–Crippen MR) is 334 cm³/mol. The van der Waals surface area contributed by atoms with Crippen LogP contribution in [0.4, 0.5) is 4.79 Å². The van der Waals surface area contributed by atoms with E-state index in [0.29, 0.717) is 0 Å². The highest BCUT2D eigenvalue weighted by Gasteiger charge is 2.58. The number of carbonyl (C=O) groups excluding carboxylic acids is 3. The van der Waals surface area contributed by atoms with Crippen molar-refractivity contribution < 1.29 is 53.0 Å². The average molecular weight is 1170 g/mol. The number of ketones is 1. The Kier molecular flexibility index (Phi) is 25.4. The van der Waals surface area contributed by atoms with Crippen LogP contribution in [-0.4, -0.2) is 71.7 Å². The van der Waals surface area contributed by atoms with Crippen molar-refractivity contribution in [2.45, 2.75) is 82.9 Å². The molecule has 0 radical (unpaired) electrons. The SMILES string of the molecule is C#CC#CC#CC#CC#CC#CC#CC#CC#CC#CC#CC.CC1(C)OC(=O)N(C(=O)[C@@](C)(OCc2ccc(-c3ccccc3)cc2)[C@@H](O)c2ccno2)[C@H]1c1ccccc1.C[C@@](OCc1ccc(-c2ccccc2)cc1)(C(=O)CO)[C@@H](O)c1ccno1. The molecule has 0 aliphatic carbocycles. The highest BCUT2D eigenvalue weighted by molar-refractivity contribution is 5.99. The van der Waals surface area contributed by atoms with E-state index in [0.717, 1.165) is 43.8 Å². The van der Waals surface area contributed by atoms with E-state index in [2.05, 4.69) is 135 Å². The quantitative estimate of drug-likeness (QED) is 0.0776. The van der Waals surface area contributed by atoms with Crippen LogP contribution in [-0.2, 0) is 37.0 Å². The van der Waals surface area contributed by atoms with Crippen LogP contribution < -0.4 is 0 Å². The van der Waals surface area contributed by atoms with Gasteiger partial charge in [-0.3, -0.25) is 9.59 Å². The van der Waals surface area contributed by atoms with Crippen molar-refractivity contribution in [1.82, 2.24) is 15.2 Å². The van der Waals surface area contributed by atoms with Gasteiger partial charge in [-0.25, -0.2) is 9.69 Å². The monoisotopic (exact) mass is 1170 g/mol. The summed E-state index contributed by atoms with van der Waals surface area (Å²) >= 11 is 0. The first kappa shape index (κ1) is 66.2. The molecular weight excluding hydrogens is 1120 g/mol. The van der Waals surface area contributed by atoms with Gasteiger partial charge in [-0.05, 0) is 168 Å². The molecule has 14 nitrogen and oxygen atoms in total. The number of imide groups is 1. The number of aromatic nitrogens is 2. The van der Waals surface area contributed by atoms with Crippen LogP contribution in [0.25, 0.3) is 22.3 Å². The van der Waals surface area contributed by atoms with Gasteiger partial charge in [0.15, 0.2) is 40.7 Å². The van der Waals surface area contributed by atoms with Crippen LogP contribution in [0.1, 0.15) is 81.1 Å². The molecule has 2 aromatic heterocycles. The van der Waals surface area contributed by atoms with Gasteiger partial charge in [-0.2, -0.15) is 0 Å². The van der Waals surface area contributed by atoms with E-state index in [1.165, 1.54) is 38.4 Å². The van der Waals surface area contributed by atoms with E-state index < -0.39 is 59.4 Å². The molecule has 5 atom stereocenters. The molecule has 436 valence electrons. The third-order valence-corrected chi connectivity index (χ3v) is 12.9. The lowest BCUT2D eigenvalue weighted by atomic mass is 9.88. The van der Waals surface area contributed by atoms with Gasteiger partial charge in [0.2, 0.25) is 0 Å². The molecule has 2 amide bonds. The lowest BCUT2D eigenvalue weighted by molar-refractivity contribution is -0.177. The second-order valence-electron chi connectivity index (χ2n) is 19.4. The fourth-order valence-electron chi connectivity index (χ4n) is 8.32. The molecule has 1 saturated heterocycles. The number of Topliss-reactive ketones (excluding diaryl/α,β-unsaturated/α-hetero) is 1. The van der Waals surface area contributed by atoms with Crippen LogP contribution in [0.3, 0.4) is 0 Å². The number of nitrogens with zero attached hydrogens (tertiary/aromatic N) is 3. The third kappa shape index (κ3) is 19.3. The summed E-state index contributed by atoms with van der Waals surface area (Å²) in [5, 5.41) is 38.3. The van der Waals surface area contributed by atoms with Gasteiger partial charge in [-0.15, -0.1) is 6.42 Å². The van der Waals surface area contributed by atoms with Crippen molar-refractivity contribution in [3.8, 4) is 153 Å². The van der Waals surface area contributed by atoms with Crippen LogP contribution in [0.2, 0.25) is 0 Å². The summed E-state index contributed by atoms with van der Waals surface area (Å²) in [5.74, 6) is 50.6. The number of cyclic esters (lactones) is 1. The van der Waals surface area contributed by atoms with Crippen LogP contribution in [0.5, 0.6) is 0 Å². The number of terminal acetylenes is 1. The lowest BCUT2D eigenvalue weighted by Crippen LogP contribution is -2.54. The Bertz CT molecular complexity index is 4280. The summed E-state index contributed by atoms with van der Waals surface area (Å²) in [4.78, 5) is 40.6. The van der Waals surface area contributed by atoms with Gasteiger partial charge < -0.3 is 38.6 Å². The summed E-state index contributed by atoms with van der Waals surface area (Å²) in [6.45, 7) is 7.38. The highest BCUT2D eigenvalue weighted by atomic mass is 16.6. The average Bonchev–Trinajstić information content (AvgIpc) is 1.76. The first-order valence-corrected chi connectivity index (χ1v) is 27.0. The molecule has 0 bridgehead atoms. The number of amides is 2. The number of carbonyl (C=O) groups is 3. The summed E-state index contributed by atoms with van der Waals surface area (Å²) in [7, 11) is 0. The van der Waals surface area contributed by atoms with Crippen molar-refractivity contribution >= 4 is 17.8 Å². The van der Waals surface area contributed by atoms with E-state index >= 15 is 0 Å². The number of ether oxygens (including phenoxy) is 3. The van der Waals surface area contributed by atoms with Gasteiger partial charge in [0, 0.05) is 35.8 Å². The topological polar surface area (TPSA) is 195 Å². The molecule has 0 unspecified atom stereocenters. The van der Waals surface area contributed by atoms with Crippen molar-refractivity contribution in [3.63, 3.8) is 0 Å². The van der Waals surface area contributed by atoms with E-state index in [4.69, 9.17) is 29.7 Å². The van der Waals surface area contributed by atoms with Crippen molar-refractivity contribution in [1.29, 1.82) is 0 Å². The minimum Gasteiger partial charge on any atom is -0.440 e. The maximum absolute atomic E-state index is 14.2. The Hall–Kier alpha value is -11.9. The largest absolute Gasteiger partial charge is 0.440 e. The van der Waals surface area contributed by atoms with Crippen LogP contribution in [0, 0.1) is 131 Å². The Morgan fingerprint density at radius 1 is 0.551 bits per heavy atom. The number of hydrogen-bond acceptors (Lipinski definition) is 13. The fraction of sp³-hybridized carbons (Fsp3) is 0.187.